The molecule has 0 bridgehead atoms. The Labute approximate surface area is 110 Å². The number of carbonyl (C=O) groups is 1. The standard InChI is InChI=1S/C14H27N3O/c1-16(2)13-7-8-17(10-13)14(18)12-5-3-11(9-15)4-6-12/h11-13H,3-10,15H2,1-2H3. The van der Waals surface area contributed by atoms with E-state index in [1.165, 1.54) is 0 Å². The van der Waals surface area contributed by atoms with E-state index in [4.69, 9.17) is 5.73 Å². The van der Waals surface area contributed by atoms with E-state index in [2.05, 4.69) is 23.9 Å². The lowest BCUT2D eigenvalue weighted by molar-refractivity contribution is -0.135. The Bertz CT molecular complexity index is 285. The molecule has 2 rings (SSSR count). The topological polar surface area (TPSA) is 49.6 Å². The molecule has 18 heavy (non-hydrogen) atoms. The molecule has 1 aliphatic heterocycles. The molecule has 0 aromatic heterocycles. The summed E-state index contributed by atoms with van der Waals surface area (Å²) in [5.74, 6) is 1.32. The summed E-state index contributed by atoms with van der Waals surface area (Å²) >= 11 is 0. The van der Waals surface area contributed by atoms with E-state index in [0.717, 1.165) is 51.7 Å². The Morgan fingerprint density at radius 2 is 1.89 bits per heavy atom. The van der Waals surface area contributed by atoms with E-state index >= 15 is 0 Å². The van der Waals surface area contributed by atoms with Crippen LogP contribution < -0.4 is 5.73 Å². The summed E-state index contributed by atoms with van der Waals surface area (Å²) in [6.07, 6.45) is 5.49. The normalized spacial score (nSPS) is 33.1. The fourth-order valence-electron chi connectivity index (χ4n) is 3.27. The first-order valence-corrected chi connectivity index (χ1v) is 7.27. The number of likely N-dealkylation sites (N-methyl/N-ethyl adjacent to an activating group) is 1. The van der Waals surface area contributed by atoms with Crippen molar-refractivity contribution in [3.05, 3.63) is 0 Å². The Balaban J connectivity index is 1.82. The van der Waals surface area contributed by atoms with Crippen LogP contribution in [-0.4, -0.2) is 55.5 Å². The molecule has 4 heteroatoms. The van der Waals surface area contributed by atoms with Crippen LogP contribution in [0.5, 0.6) is 0 Å². The van der Waals surface area contributed by atoms with Gasteiger partial charge in [0.1, 0.15) is 0 Å². The van der Waals surface area contributed by atoms with Crippen LogP contribution in [0, 0.1) is 11.8 Å². The number of nitrogens with zero attached hydrogens (tertiary/aromatic N) is 2. The van der Waals surface area contributed by atoms with Gasteiger partial charge < -0.3 is 15.5 Å². The minimum absolute atomic E-state index is 0.272. The summed E-state index contributed by atoms with van der Waals surface area (Å²) < 4.78 is 0. The van der Waals surface area contributed by atoms with E-state index in [1.807, 2.05) is 0 Å². The number of carbonyl (C=O) groups excluding carboxylic acids is 1. The fourth-order valence-corrected chi connectivity index (χ4v) is 3.27. The van der Waals surface area contributed by atoms with Crippen LogP contribution in [0.25, 0.3) is 0 Å². The van der Waals surface area contributed by atoms with Gasteiger partial charge in [0.25, 0.3) is 0 Å². The van der Waals surface area contributed by atoms with Crippen molar-refractivity contribution < 1.29 is 4.79 Å². The van der Waals surface area contributed by atoms with Gasteiger partial charge in [0.2, 0.25) is 5.91 Å². The smallest absolute Gasteiger partial charge is 0.225 e. The third-order valence-electron chi connectivity index (χ3n) is 4.73. The van der Waals surface area contributed by atoms with E-state index in [-0.39, 0.29) is 5.92 Å². The molecule has 1 aliphatic carbocycles. The fraction of sp³-hybridized carbons (Fsp3) is 0.929. The average molecular weight is 253 g/mol. The largest absolute Gasteiger partial charge is 0.341 e. The summed E-state index contributed by atoms with van der Waals surface area (Å²) in [4.78, 5) is 16.8. The quantitative estimate of drug-likeness (QED) is 0.813. The number of hydrogen-bond donors (Lipinski definition) is 1. The molecule has 0 aromatic carbocycles. The number of rotatable bonds is 3. The molecule has 2 N–H and O–H groups in total. The lowest BCUT2D eigenvalue weighted by Crippen LogP contribution is -2.39. The summed E-state index contributed by atoms with van der Waals surface area (Å²) in [6.45, 7) is 2.65. The summed E-state index contributed by atoms with van der Waals surface area (Å²) in [5.41, 5.74) is 5.70. The van der Waals surface area contributed by atoms with Crippen molar-refractivity contribution in [2.75, 3.05) is 33.7 Å². The first-order chi connectivity index (χ1) is 8.61. The lowest BCUT2D eigenvalue weighted by Gasteiger charge is -2.30. The molecule has 104 valence electrons. The van der Waals surface area contributed by atoms with Crippen molar-refractivity contribution in [1.82, 2.24) is 9.80 Å². The highest BCUT2D eigenvalue weighted by Crippen LogP contribution is 2.30. The van der Waals surface area contributed by atoms with Crippen molar-refractivity contribution in [1.29, 1.82) is 0 Å². The van der Waals surface area contributed by atoms with E-state index < -0.39 is 0 Å². The molecule has 1 amide bonds. The maximum absolute atomic E-state index is 12.4. The Kier molecular flexibility index (Phi) is 4.62. The maximum Gasteiger partial charge on any atom is 0.225 e. The average Bonchev–Trinajstić information content (AvgIpc) is 2.88. The molecule has 0 aromatic rings. The predicted octanol–water partition coefficient (Wildman–Crippen LogP) is 0.914. The Hall–Kier alpha value is -0.610. The van der Waals surface area contributed by atoms with Crippen molar-refractivity contribution in [2.24, 2.45) is 17.6 Å². The number of likely N-dealkylation sites (tertiary alicyclic amines) is 1. The molecular weight excluding hydrogens is 226 g/mol. The first kappa shape index (κ1) is 13.8. The second-order valence-corrected chi connectivity index (χ2v) is 6.14. The van der Waals surface area contributed by atoms with Crippen molar-refractivity contribution in [3.63, 3.8) is 0 Å². The molecule has 2 aliphatic rings. The van der Waals surface area contributed by atoms with Crippen LogP contribution in [0.3, 0.4) is 0 Å². The van der Waals surface area contributed by atoms with Gasteiger partial charge in [-0.25, -0.2) is 0 Å². The molecule has 2 fully saturated rings. The SMILES string of the molecule is CN(C)C1CCN(C(=O)C2CCC(CN)CC2)C1. The summed E-state index contributed by atoms with van der Waals surface area (Å²) in [5, 5.41) is 0. The van der Waals surface area contributed by atoms with Gasteiger partial charge in [0.15, 0.2) is 0 Å². The highest BCUT2D eigenvalue weighted by Gasteiger charge is 2.33. The van der Waals surface area contributed by atoms with Gasteiger partial charge >= 0.3 is 0 Å². The number of amides is 1. The zero-order chi connectivity index (χ0) is 13.1. The molecule has 0 radical (unpaired) electrons. The number of nitrogens with two attached hydrogens (primary N) is 1. The van der Waals surface area contributed by atoms with Crippen LogP contribution in [-0.2, 0) is 4.79 Å². The van der Waals surface area contributed by atoms with Crippen LogP contribution in [0.2, 0.25) is 0 Å². The predicted molar refractivity (Wildman–Crippen MR) is 73.2 cm³/mol. The highest BCUT2D eigenvalue weighted by molar-refractivity contribution is 5.79. The molecular formula is C14H27N3O. The lowest BCUT2D eigenvalue weighted by atomic mass is 9.81. The molecule has 1 saturated heterocycles. The van der Waals surface area contributed by atoms with Gasteiger partial charge in [-0.05, 0) is 58.7 Å². The van der Waals surface area contributed by atoms with E-state index in [1.54, 1.807) is 0 Å². The second kappa shape index (κ2) is 6.02. The van der Waals surface area contributed by atoms with Gasteiger partial charge in [-0.3, -0.25) is 4.79 Å². The summed E-state index contributed by atoms with van der Waals surface area (Å²) in [6, 6.07) is 0.550. The molecule has 1 unspecified atom stereocenters. The van der Waals surface area contributed by atoms with Crippen LogP contribution >= 0.6 is 0 Å². The van der Waals surface area contributed by atoms with E-state index in [0.29, 0.717) is 17.9 Å². The molecule has 1 heterocycles. The summed E-state index contributed by atoms with van der Waals surface area (Å²) in [7, 11) is 4.20. The van der Waals surface area contributed by atoms with Crippen LogP contribution in [0.4, 0.5) is 0 Å². The zero-order valence-electron chi connectivity index (χ0n) is 11.8. The van der Waals surface area contributed by atoms with E-state index in [9.17, 15) is 4.79 Å². The Morgan fingerprint density at radius 1 is 1.22 bits per heavy atom. The third-order valence-corrected chi connectivity index (χ3v) is 4.73. The second-order valence-electron chi connectivity index (χ2n) is 6.14. The molecule has 4 nitrogen and oxygen atoms in total. The van der Waals surface area contributed by atoms with Gasteiger partial charge in [-0.1, -0.05) is 0 Å². The van der Waals surface area contributed by atoms with Gasteiger partial charge in [0.05, 0.1) is 0 Å². The van der Waals surface area contributed by atoms with Crippen molar-refractivity contribution in [2.45, 2.75) is 38.1 Å². The molecule has 1 saturated carbocycles. The van der Waals surface area contributed by atoms with Crippen LogP contribution in [0.15, 0.2) is 0 Å². The van der Waals surface area contributed by atoms with Gasteiger partial charge in [-0.2, -0.15) is 0 Å². The number of hydrogen-bond acceptors (Lipinski definition) is 3. The van der Waals surface area contributed by atoms with Crippen molar-refractivity contribution >= 4 is 5.91 Å². The minimum Gasteiger partial charge on any atom is -0.341 e. The zero-order valence-corrected chi connectivity index (χ0v) is 11.8. The van der Waals surface area contributed by atoms with Crippen LogP contribution in [0.1, 0.15) is 32.1 Å². The highest BCUT2D eigenvalue weighted by atomic mass is 16.2. The monoisotopic (exact) mass is 253 g/mol. The maximum atomic E-state index is 12.4. The third kappa shape index (κ3) is 3.04. The Morgan fingerprint density at radius 3 is 2.39 bits per heavy atom. The molecule has 1 atom stereocenters. The minimum atomic E-state index is 0.272. The first-order valence-electron chi connectivity index (χ1n) is 7.27. The molecule has 0 spiro atoms. The van der Waals surface area contributed by atoms with Gasteiger partial charge in [-0.15, -0.1) is 0 Å². The van der Waals surface area contributed by atoms with Crippen molar-refractivity contribution in [3.8, 4) is 0 Å². The van der Waals surface area contributed by atoms with Gasteiger partial charge in [0, 0.05) is 25.0 Å².